The second-order valence-electron chi connectivity index (χ2n) is 4.34. The lowest BCUT2D eigenvalue weighted by atomic mass is 9.86. The molecule has 1 rings (SSSR count). The van der Waals surface area contributed by atoms with Crippen LogP contribution >= 0.6 is 22.6 Å². The molecule has 0 aliphatic rings. The van der Waals surface area contributed by atoms with E-state index in [1.54, 1.807) is 6.82 Å². The summed E-state index contributed by atoms with van der Waals surface area (Å²) >= 11 is 2.14. The van der Waals surface area contributed by atoms with Crippen molar-refractivity contribution in [3.05, 3.63) is 35.9 Å². The Balaban J connectivity index is 2.70. The summed E-state index contributed by atoms with van der Waals surface area (Å²) in [6.45, 7) is 1.92. The van der Waals surface area contributed by atoms with E-state index in [1.165, 1.54) is 7.11 Å². The van der Waals surface area contributed by atoms with Gasteiger partial charge in [0, 0.05) is 10.5 Å². The van der Waals surface area contributed by atoms with E-state index in [1.807, 2.05) is 30.3 Å². The Morgan fingerprint density at radius 3 is 2.60 bits per heavy atom. The fraction of sp³-hybridized carbons (Fsp3) is 0.462. The van der Waals surface area contributed by atoms with Crippen molar-refractivity contribution in [3.63, 3.8) is 0 Å². The molecule has 0 bridgehead atoms. The largest absolute Gasteiger partial charge is 0.467 e. The van der Waals surface area contributed by atoms with Crippen molar-refractivity contribution in [2.75, 3.05) is 11.5 Å². The maximum Gasteiger partial charge on any atom is 0.373 e. The first-order valence-electron chi connectivity index (χ1n) is 6.32. The number of halogens is 1. The van der Waals surface area contributed by atoms with Crippen molar-refractivity contribution >= 4 is 35.6 Å². The molecule has 0 spiro atoms. The van der Waals surface area contributed by atoms with Crippen LogP contribution in [0.1, 0.15) is 5.56 Å². The SMILES string of the molecule is COC(=O)C(OCc1ccccc1)[C@H](CI)NB(C)O. The first-order valence-corrected chi connectivity index (χ1v) is 7.84. The number of alkyl halides is 1. The Morgan fingerprint density at radius 2 is 2.10 bits per heavy atom. The highest BCUT2D eigenvalue weighted by molar-refractivity contribution is 14.1. The quantitative estimate of drug-likeness (QED) is 0.302. The van der Waals surface area contributed by atoms with Crippen LogP contribution in [0, 0.1) is 0 Å². The zero-order valence-corrected chi connectivity index (χ0v) is 13.7. The average Bonchev–Trinajstić information content (AvgIpc) is 2.46. The normalized spacial score (nSPS) is 13.6. The van der Waals surface area contributed by atoms with Gasteiger partial charge in [0.05, 0.1) is 13.7 Å². The number of benzene rings is 1. The minimum Gasteiger partial charge on any atom is -0.467 e. The minimum atomic E-state index is -0.758. The number of hydrogen-bond donors (Lipinski definition) is 2. The maximum atomic E-state index is 11.8. The fourth-order valence-corrected chi connectivity index (χ4v) is 2.46. The highest BCUT2D eigenvalue weighted by Crippen LogP contribution is 2.10. The molecule has 0 heterocycles. The third kappa shape index (κ3) is 5.78. The van der Waals surface area contributed by atoms with Crippen LogP contribution in [-0.2, 0) is 20.9 Å². The topological polar surface area (TPSA) is 67.8 Å². The lowest BCUT2D eigenvalue weighted by molar-refractivity contribution is -0.156. The van der Waals surface area contributed by atoms with Gasteiger partial charge >= 0.3 is 13.0 Å². The molecule has 2 N–H and O–H groups in total. The van der Waals surface area contributed by atoms with E-state index in [-0.39, 0.29) is 6.04 Å². The molecule has 0 aliphatic carbocycles. The first kappa shape index (κ1) is 17.4. The van der Waals surface area contributed by atoms with Gasteiger partial charge in [-0.1, -0.05) is 52.9 Å². The Labute approximate surface area is 133 Å². The van der Waals surface area contributed by atoms with Gasteiger partial charge in [-0.25, -0.2) is 4.79 Å². The van der Waals surface area contributed by atoms with E-state index in [4.69, 9.17) is 9.47 Å². The van der Waals surface area contributed by atoms with Crippen LogP contribution in [0.3, 0.4) is 0 Å². The van der Waals surface area contributed by atoms with Crippen LogP contribution in [-0.4, -0.2) is 41.7 Å². The number of carbonyl (C=O) groups is 1. The first-order chi connectivity index (χ1) is 9.58. The molecule has 0 radical (unpaired) electrons. The highest BCUT2D eigenvalue weighted by atomic mass is 127. The summed E-state index contributed by atoms with van der Waals surface area (Å²) in [5.41, 5.74) is 0.977. The molecule has 1 aromatic rings. The van der Waals surface area contributed by atoms with Gasteiger partial charge in [0.2, 0.25) is 0 Å². The second kappa shape index (κ2) is 9.33. The van der Waals surface area contributed by atoms with Crippen LogP contribution < -0.4 is 5.23 Å². The predicted octanol–water partition coefficient (Wildman–Crippen LogP) is 1.25. The zero-order chi connectivity index (χ0) is 15.0. The number of carbonyl (C=O) groups excluding carboxylic acids is 1. The molecule has 0 saturated carbocycles. The molecule has 0 amide bonds. The molecule has 110 valence electrons. The predicted molar refractivity (Wildman–Crippen MR) is 86.7 cm³/mol. The number of esters is 1. The molecular formula is C13H19BINO4. The molecule has 20 heavy (non-hydrogen) atoms. The van der Waals surface area contributed by atoms with Gasteiger partial charge < -0.3 is 19.7 Å². The number of ether oxygens (including phenoxy) is 2. The number of hydrogen-bond acceptors (Lipinski definition) is 5. The summed E-state index contributed by atoms with van der Waals surface area (Å²) < 4.78 is 11.1. The maximum absolute atomic E-state index is 11.8. The summed E-state index contributed by atoms with van der Waals surface area (Å²) in [6, 6.07) is 9.28. The van der Waals surface area contributed by atoms with Crippen molar-refractivity contribution in [1.82, 2.24) is 5.23 Å². The molecule has 1 unspecified atom stereocenters. The van der Waals surface area contributed by atoms with Crippen molar-refractivity contribution in [2.24, 2.45) is 0 Å². The minimum absolute atomic E-state index is 0.313. The summed E-state index contributed by atoms with van der Waals surface area (Å²) in [7, 11) is 0.607. The molecule has 0 aliphatic heterocycles. The molecule has 2 atom stereocenters. The van der Waals surface area contributed by atoms with Crippen LogP contribution in [0.2, 0.25) is 6.82 Å². The van der Waals surface area contributed by atoms with E-state index in [9.17, 15) is 9.82 Å². The van der Waals surface area contributed by atoms with Crippen LogP contribution in [0.5, 0.6) is 0 Å². The van der Waals surface area contributed by atoms with Gasteiger partial charge in [-0.15, -0.1) is 0 Å². The Hall–Kier alpha value is -0.635. The molecule has 1 aromatic carbocycles. The third-order valence-electron chi connectivity index (χ3n) is 2.69. The zero-order valence-electron chi connectivity index (χ0n) is 11.6. The van der Waals surface area contributed by atoms with Crippen molar-refractivity contribution in [2.45, 2.75) is 25.6 Å². The van der Waals surface area contributed by atoms with E-state index in [2.05, 4.69) is 27.8 Å². The second-order valence-corrected chi connectivity index (χ2v) is 5.22. The van der Waals surface area contributed by atoms with Gasteiger partial charge in [-0.2, -0.15) is 0 Å². The highest BCUT2D eigenvalue weighted by Gasteiger charge is 2.30. The van der Waals surface area contributed by atoms with E-state index in [0.717, 1.165) is 5.56 Å². The van der Waals surface area contributed by atoms with Gasteiger partial charge in [-0.05, 0) is 12.4 Å². The smallest absolute Gasteiger partial charge is 0.373 e. The monoisotopic (exact) mass is 391 g/mol. The van der Waals surface area contributed by atoms with Gasteiger partial charge in [0.1, 0.15) is 0 Å². The summed E-state index contributed by atoms with van der Waals surface area (Å²) in [5.74, 6) is -0.448. The lowest BCUT2D eigenvalue weighted by Gasteiger charge is -2.25. The average molecular weight is 391 g/mol. The standard InChI is InChI=1S/C13H19BINO4/c1-14(18)16-11(8-15)12(13(17)19-2)20-9-10-6-4-3-5-7-10/h3-7,11-12,16,18H,8-9H2,1-2H3/t11-,12?/m0/s1. The van der Waals surface area contributed by atoms with Crippen molar-refractivity contribution in [3.8, 4) is 0 Å². The van der Waals surface area contributed by atoms with Crippen LogP contribution in [0.15, 0.2) is 30.3 Å². The molecule has 0 fully saturated rings. The molecule has 5 nitrogen and oxygen atoms in total. The summed E-state index contributed by atoms with van der Waals surface area (Å²) in [6.07, 6.45) is -0.758. The summed E-state index contributed by atoms with van der Waals surface area (Å²) in [5, 5.41) is 12.3. The molecule has 7 heteroatoms. The van der Waals surface area contributed by atoms with E-state index in [0.29, 0.717) is 11.0 Å². The van der Waals surface area contributed by atoms with Gasteiger partial charge in [0.25, 0.3) is 0 Å². The van der Waals surface area contributed by atoms with E-state index < -0.39 is 19.1 Å². The molecular weight excluding hydrogens is 372 g/mol. The molecule has 0 aromatic heterocycles. The number of rotatable bonds is 8. The molecule has 0 saturated heterocycles. The van der Waals surface area contributed by atoms with Gasteiger partial charge in [0.15, 0.2) is 6.10 Å². The lowest BCUT2D eigenvalue weighted by Crippen LogP contribution is -2.52. The Morgan fingerprint density at radius 1 is 1.45 bits per heavy atom. The Kier molecular flexibility index (Phi) is 8.12. The number of nitrogens with one attached hydrogen (secondary N) is 1. The van der Waals surface area contributed by atoms with Crippen molar-refractivity contribution in [1.29, 1.82) is 0 Å². The fourth-order valence-electron chi connectivity index (χ4n) is 1.75. The van der Waals surface area contributed by atoms with Crippen LogP contribution in [0.4, 0.5) is 0 Å². The van der Waals surface area contributed by atoms with Gasteiger partial charge in [-0.3, -0.25) is 0 Å². The third-order valence-corrected chi connectivity index (χ3v) is 3.64. The van der Waals surface area contributed by atoms with Crippen LogP contribution in [0.25, 0.3) is 0 Å². The van der Waals surface area contributed by atoms with Crippen molar-refractivity contribution < 1.29 is 19.3 Å². The number of methoxy groups -OCH3 is 1. The Bertz CT molecular complexity index is 405. The summed E-state index contributed by atoms with van der Waals surface area (Å²) in [4.78, 5) is 11.8. The van der Waals surface area contributed by atoms with E-state index >= 15 is 0 Å².